The second-order valence-corrected chi connectivity index (χ2v) is 4.24. The minimum atomic E-state index is -4.68. The van der Waals surface area contributed by atoms with Gasteiger partial charge in [0, 0.05) is 5.69 Å². The number of alkyl halides is 3. The standard InChI is InChI=1S/C14H10F5NO/c15-11-2-1-3-12(16)9(11)7-21-13-5-4-8(20)6-10(13)14(17,18)19/h1-6H,7,20H2. The maximum Gasteiger partial charge on any atom is 0.420 e. The van der Waals surface area contributed by atoms with Crippen LogP contribution in [0.3, 0.4) is 0 Å². The summed E-state index contributed by atoms with van der Waals surface area (Å²) in [6.45, 7) is -0.661. The number of halogens is 5. The lowest BCUT2D eigenvalue weighted by atomic mass is 10.1. The normalized spacial score (nSPS) is 11.5. The number of hydrogen-bond donors (Lipinski definition) is 1. The molecule has 2 rings (SSSR count). The molecule has 7 heteroatoms. The molecule has 2 aromatic carbocycles. The highest BCUT2D eigenvalue weighted by Gasteiger charge is 2.34. The Hall–Kier alpha value is -2.31. The quantitative estimate of drug-likeness (QED) is 0.683. The lowest BCUT2D eigenvalue weighted by molar-refractivity contribution is -0.139. The summed E-state index contributed by atoms with van der Waals surface area (Å²) in [6.07, 6.45) is -4.68. The molecule has 2 N–H and O–H groups in total. The number of nitrogens with two attached hydrogens (primary N) is 1. The van der Waals surface area contributed by atoms with Gasteiger partial charge in [0.15, 0.2) is 0 Å². The predicted octanol–water partition coefficient (Wildman–Crippen LogP) is 4.14. The van der Waals surface area contributed by atoms with Crippen LogP contribution in [-0.4, -0.2) is 0 Å². The third-order valence-electron chi connectivity index (χ3n) is 2.74. The Balaban J connectivity index is 2.29. The van der Waals surface area contributed by atoms with E-state index >= 15 is 0 Å². The minimum Gasteiger partial charge on any atom is -0.488 e. The molecule has 0 bridgehead atoms. The molecule has 0 fully saturated rings. The molecule has 0 heterocycles. The topological polar surface area (TPSA) is 35.2 Å². The van der Waals surface area contributed by atoms with Gasteiger partial charge >= 0.3 is 6.18 Å². The molecule has 0 aliphatic heterocycles. The highest BCUT2D eigenvalue weighted by molar-refractivity contribution is 5.49. The fourth-order valence-corrected chi connectivity index (χ4v) is 1.72. The molecule has 0 aliphatic rings. The van der Waals surface area contributed by atoms with Crippen molar-refractivity contribution in [3.05, 3.63) is 59.2 Å². The summed E-state index contributed by atoms with van der Waals surface area (Å²) < 4.78 is 70.2. The summed E-state index contributed by atoms with van der Waals surface area (Å²) in [5.41, 5.74) is 3.67. The summed E-state index contributed by atoms with van der Waals surface area (Å²) in [7, 11) is 0. The number of rotatable bonds is 3. The van der Waals surface area contributed by atoms with Gasteiger partial charge in [-0.05, 0) is 30.3 Å². The molecule has 2 nitrogen and oxygen atoms in total. The van der Waals surface area contributed by atoms with Crippen molar-refractivity contribution in [1.82, 2.24) is 0 Å². The summed E-state index contributed by atoms with van der Waals surface area (Å²) in [6, 6.07) is 6.07. The fraction of sp³-hybridized carbons (Fsp3) is 0.143. The predicted molar refractivity (Wildman–Crippen MR) is 66.5 cm³/mol. The summed E-state index contributed by atoms with van der Waals surface area (Å²) in [5, 5.41) is 0. The summed E-state index contributed by atoms with van der Waals surface area (Å²) in [5.74, 6) is -2.32. The highest BCUT2D eigenvalue weighted by atomic mass is 19.4. The molecule has 2 aromatic rings. The van der Waals surface area contributed by atoms with Crippen molar-refractivity contribution in [2.75, 3.05) is 5.73 Å². The van der Waals surface area contributed by atoms with Crippen LogP contribution >= 0.6 is 0 Å². The molecule has 0 saturated heterocycles. The summed E-state index contributed by atoms with van der Waals surface area (Å²) >= 11 is 0. The maximum absolute atomic E-state index is 13.4. The van der Waals surface area contributed by atoms with Crippen molar-refractivity contribution in [2.24, 2.45) is 0 Å². The van der Waals surface area contributed by atoms with Gasteiger partial charge in [0.25, 0.3) is 0 Å². The van der Waals surface area contributed by atoms with Crippen LogP contribution in [0.15, 0.2) is 36.4 Å². The molecule has 0 aliphatic carbocycles. The number of hydrogen-bond acceptors (Lipinski definition) is 2. The van der Waals surface area contributed by atoms with Gasteiger partial charge in [-0.3, -0.25) is 0 Å². The third kappa shape index (κ3) is 3.42. The van der Waals surface area contributed by atoms with Crippen LogP contribution in [0.5, 0.6) is 5.75 Å². The highest BCUT2D eigenvalue weighted by Crippen LogP contribution is 2.37. The van der Waals surface area contributed by atoms with E-state index in [-0.39, 0.29) is 5.69 Å². The maximum atomic E-state index is 13.4. The molecule has 0 atom stereocenters. The second-order valence-electron chi connectivity index (χ2n) is 4.24. The number of anilines is 1. The van der Waals surface area contributed by atoms with Crippen molar-refractivity contribution >= 4 is 5.69 Å². The van der Waals surface area contributed by atoms with Gasteiger partial charge in [-0.15, -0.1) is 0 Å². The Morgan fingerprint density at radius 1 is 1.00 bits per heavy atom. The average Bonchev–Trinajstić information content (AvgIpc) is 2.38. The molecule has 0 saturated carbocycles. The van der Waals surface area contributed by atoms with Gasteiger partial charge in [0.1, 0.15) is 24.0 Å². The Morgan fingerprint density at radius 2 is 1.62 bits per heavy atom. The smallest absolute Gasteiger partial charge is 0.420 e. The molecule has 0 unspecified atom stereocenters. The van der Waals surface area contributed by atoms with Crippen molar-refractivity contribution < 1.29 is 26.7 Å². The van der Waals surface area contributed by atoms with Crippen LogP contribution in [0.2, 0.25) is 0 Å². The van der Waals surface area contributed by atoms with Crippen molar-refractivity contribution in [2.45, 2.75) is 12.8 Å². The van der Waals surface area contributed by atoms with Gasteiger partial charge in [0.2, 0.25) is 0 Å². The Bertz CT molecular complexity index is 634. The lowest BCUT2D eigenvalue weighted by Crippen LogP contribution is -2.10. The first-order chi connectivity index (χ1) is 9.79. The number of ether oxygens (including phenoxy) is 1. The van der Waals surface area contributed by atoms with Gasteiger partial charge in [-0.25, -0.2) is 8.78 Å². The molecule has 0 aromatic heterocycles. The Morgan fingerprint density at radius 3 is 2.19 bits per heavy atom. The van der Waals surface area contributed by atoms with Crippen LogP contribution in [0, 0.1) is 11.6 Å². The Labute approximate surface area is 116 Å². The molecular weight excluding hydrogens is 293 g/mol. The lowest BCUT2D eigenvalue weighted by Gasteiger charge is -2.15. The van der Waals surface area contributed by atoms with E-state index in [0.29, 0.717) is 6.07 Å². The zero-order chi connectivity index (χ0) is 15.6. The first kappa shape index (κ1) is 15.1. The molecule has 0 amide bonds. The molecular formula is C14H10F5NO. The van der Waals surface area contributed by atoms with Crippen molar-refractivity contribution in [1.29, 1.82) is 0 Å². The van der Waals surface area contributed by atoms with Gasteiger partial charge in [-0.2, -0.15) is 13.2 Å². The van der Waals surface area contributed by atoms with Crippen LogP contribution in [0.1, 0.15) is 11.1 Å². The van der Waals surface area contributed by atoms with E-state index in [2.05, 4.69) is 0 Å². The van der Waals surface area contributed by atoms with E-state index in [1.54, 1.807) is 0 Å². The zero-order valence-corrected chi connectivity index (χ0v) is 10.5. The summed E-state index contributed by atoms with van der Waals surface area (Å²) in [4.78, 5) is 0. The van der Waals surface area contributed by atoms with Crippen LogP contribution in [-0.2, 0) is 12.8 Å². The minimum absolute atomic E-state index is 0.0910. The number of benzene rings is 2. The van der Waals surface area contributed by atoms with Gasteiger partial charge in [-0.1, -0.05) is 6.07 Å². The first-order valence-electron chi connectivity index (χ1n) is 5.81. The fourth-order valence-electron chi connectivity index (χ4n) is 1.72. The third-order valence-corrected chi connectivity index (χ3v) is 2.74. The first-order valence-corrected chi connectivity index (χ1v) is 5.81. The van der Waals surface area contributed by atoms with Gasteiger partial charge < -0.3 is 10.5 Å². The van der Waals surface area contributed by atoms with Crippen LogP contribution in [0.25, 0.3) is 0 Å². The van der Waals surface area contributed by atoms with Crippen LogP contribution < -0.4 is 10.5 Å². The van der Waals surface area contributed by atoms with Crippen LogP contribution in [0.4, 0.5) is 27.6 Å². The van der Waals surface area contributed by atoms with E-state index in [1.807, 2.05) is 0 Å². The van der Waals surface area contributed by atoms with E-state index < -0.39 is 41.3 Å². The van der Waals surface area contributed by atoms with E-state index in [4.69, 9.17) is 10.5 Å². The molecule has 21 heavy (non-hydrogen) atoms. The van der Waals surface area contributed by atoms with E-state index in [0.717, 1.165) is 24.3 Å². The van der Waals surface area contributed by atoms with Crippen molar-refractivity contribution in [3.8, 4) is 5.75 Å². The van der Waals surface area contributed by atoms with Crippen molar-refractivity contribution in [3.63, 3.8) is 0 Å². The van der Waals surface area contributed by atoms with E-state index in [9.17, 15) is 22.0 Å². The largest absolute Gasteiger partial charge is 0.488 e. The van der Waals surface area contributed by atoms with E-state index in [1.165, 1.54) is 6.07 Å². The monoisotopic (exact) mass is 303 g/mol. The zero-order valence-electron chi connectivity index (χ0n) is 10.5. The molecule has 112 valence electrons. The molecule has 0 radical (unpaired) electrons. The number of nitrogen functional groups attached to an aromatic ring is 1. The average molecular weight is 303 g/mol. The Kier molecular flexibility index (Phi) is 4.02. The second kappa shape index (κ2) is 5.59. The SMILES string of the molecule is Nc1ccc(OCc2c(F)cccc2F)c(C(F)(F)F)c1. The van der Waals surface area contributed by atoms with Gasteiger partial charge in [0.05, 0.1) is 11.1 Å². The molecule has 0 spiro atoms.